The molecular weight excluding hydrogens is 450 g/mol. The first kappa shape index (κ1) is 20.4. The third kappa shape index (κ3) is 3.70. The zero-order valence-electron chi connectivity index (χ0n) is 14.6. The number of rotatable bonds is 3. The van der Waals surface area contributed by atoms with E-state index in [9.17, 15) is 18.0 Å². The molecule has 0 aromatic carbocycles. The van der Waals surface area contributed by atoms with Gasteiger partial charge in [-0.1, -0.05) is 34.5 Å². The molecule has 3 heterocycles. The number of amides is 1. The van der Waals surface area contributed by atoms with Gasteiger partial charge in [0.2, 0.25) is 0 Å². The minimum atomic E-state index is -3.10. The Hall–Kier alpha value is -1.88. The van der Waals surface area contributed by atoms with Crippen LogP contribution in [-0.4, -0.2) is 38.5 Å². The number of hydrogen-bond acceptors (Lipinski definition) is 5. The largest absolute Gasteiger partial charge is 0.340 e. The van der Waals surface area contributed by atoms with E-state index in [1.807, 2.05) is 0 Å². The van der Waals surface area contributed by atoms with Crippen LogP contribution in [-0.2, 0) is 0 Å². The summed E-state index contributed by atoms with van der Waals surface area (Å²) in [6.07, 6.45) is 2.85. The van der Waals surface area contributed by atoms with Crippen molar-refractivity contribution in [1.29, 1.82) is 0 Å². The molecule has 0 radical (unpaired) electrons. The smallest absolute Gasteiger partial charge is 0.280 e. The first-order chi connectivity index (χ1) is 13.7. The van der Waals surface area contributed by atoms with Crippen molar-refractivity contribution in [3.05, 3.63) is 38.6 Å². The van der Waals surface area contributed by atoms with Gasteiger partial charge in [-0.2, -0.15) is 5.10 Å². The summed E-state index contributed by atoms with van der Waals surface area (Å²) in [6, 6.07) is -0.973. The average molecular weight is 464 g/mol. The van der Waals surface area contributed by atoms with E-state index in [4.69, 9.17) is 28.9 Å². The summed E-state index contributed by atoms with van der Waals surface area (Å²) in [4.78, 5) is 16.7. The van der Waals surface area contributed by atoms with Crippen LogP contribution in [0.2, 0.25) is 9.36 Å². The summed E-state index contributed by atoms with van der Waals surface area (Å²) in [5.74, 6) is -4.53. The third-order valence-electron chi connectivity index (χ3n) is 4.81. The Kier molecular flexibility index (Phi) is 5.22. The first-order valence-electron chi connectivity index (χ1n) is 8.61. The summed E-state index contributed by atoms with van der Waals surface area (Å²) in [7, 11) is 0. The summed E-state index contributed by atoms with van der Waals surface area (Å²) in [5, 5.41) is 6.12. The minimum Gasteiger partial charge on any atom is -0.340 e. The Labute approximate surface area is 176 Å². The van der Waals surface area contributed by atoms with Gasteiger partial charge < -0.3 is 11.1 Å². The summed E-state index contributed by atoms with van der Waals surface area (Å²) in [6.45, 7) is 0. The molecule has 2 atom stereocenters. The van der Waals surface area contributed by atoms with Crippen molar-refractivity contribution in [2.75, 3.05) is 0 Å². The highest BCUT2D eigenvalue weighted by Gasteiger charge is 2.46. The highest BCUT2D eigenvalue weighted by Crippen LogP contribution is 2.37. The van der Waals surface area contributed by atoms with Crippen LogP contribution in [0.3, 0.4) is 0 Å². The summed E-state index contributed by atoms with van der Waals surface area (Å²) in [5.41, 5.74) is 6.86. The van der Waals surface area contributed by atoms with Gasteiger partial charge in [-0.25, -0.2) is 22.7 Å². The van der Waals surface area contributed by atoms with Crippen LogP contribution in [0.4, 0.5) is 13.2 Å². The number of nitrogens with one attached hydrogen (secondary N) is 1. The number of fused-ring (bicyclic) bond motifs is 1. The monoisotopic (exact) mass is 463 g/mol. The van der Waals surface area contributed by atoms with Crippen LogP contribution >= 0.6 is 34.5 Å². The van der Waals surface area contributed by atoms with E-state index in [1.54, 1.807) is 0 Å². The first-order valence-corrected chi connectivity index (χ1v) is 10.2. The molecule has 29 heavy (non-hydrogen) atoms. The Morgan fingerprint density at radius 2 is 2.17 bits per heavy atom. The second kappa shape index (κ2) is 7.42. The van der Waals surface area contributed by atoms with E-state index < -0.39 is 29.7 Å². The standard InChI is InChI=1S/C17H14Cl2F3N5OS/c18-8-4-11-7(5-24-27(11)6-9(8)20)12-14(19)29-16(25-12)15(28)26-13-10(23)2-1-3-17(13,21)22/h4-6,10,13H,1-3,23H2,(H,26,28)/t10-,13+/m0/s1. The number of pyridine rings is 1. The quantitative estimate of drug-likeness (QED) is 0.610. The lowest BCUT2D eigenvalue weighted by atomic mass is 9.87. The fraction of sp³-hybridized carbons (Fsp3) is 0.353. The lowest BCUT2D eigenvalue weighted by Crippen LogP contribution is -2.59. The molecule has 154 valence electrons. The Balaban J connectivity index is 1.65. The number of carbonyl (C=O) groups excluding carboxylic acids is 1. The normalized spacial score (nSPS) is 21.4. The van der Waals surface area contributed by atoms with Crippen LogP contribution < -0.4 is 11.1 Å². The SMILES string of the molecule is N[C@H]1CCCC(F)(F)[C@@H]1NC(=O)c1nc(-c2cnn3cc(F)c(Cl)cc23)c(Cl)s1. The van der Waals surface area contributed by atoms with Crippen molar-refractivity contribution in [2.45, 2.75) is 37.3 Å². The minimum absolute atomic E-state index is 0.0915. The molecule has 0 unspecified atom stereocenters. The number of thiazole rings is 1. The van der Waals surface area contributed by atoms with Gasteiger partial charge in [0, 0.05) is 18.0 Å². The maximum Gasteiger partial charge on any atom is 0.280 e. The van der Waals surface area contributed by atoms with Gasteiger partial charge in [-0.3, -0.25) is 4.79 Å². The molecule has 6 nitrogen and oxygen atoms in total. The molecule has 1 saturated carbocycles. The molecule has 1 aliphatic carbocycles. The lowest BCUT2D eigenvalue weighted by Gasteiger charge is -2.36. The van der Waals surface area contributed by atoms with Crippen LogP contribution in [0.25, 0.3) is 16.8 Å². The van der Waals surface area contributed by atoms with E-state index in [2.05, 4.69) is 15.4 Å². The maximum atomic E-state index is 14.2. The lowest BCUT2D eigenvalue weighted by molar-refractivity contribution is -0.0674. The highest BCUT2D eigenvalue weighted by atomic mass is 35.5. The van der Waals surface area contributed by atoms with Gasteiger partial charge in [0.05, 0.1) is 22.9 Å². The van der Waals surface area contributed by atoms with Gasteiger partial charge in [0.15, 0.2) is 10.8 Å². The number of carbonyl (C=O) groups is 1. The molecule has 3 N–H and O–H groups in total. The van der Waals surface area contributed by atoms with Crippen molar-refractivity contribution in [3.8, 4) is 11.3 Å². The number of alkyl halides is 2. The number of aromatic nitrogens is 3. The predicted octanol–water partition coefficient (Wildman–Crippen LogP) is 4.15. The molecule has 3 aromatic rings. The van der Waals surface area contributed by atoms with E-state index in [-0.39, 0.29) is 26.5 Å². The van der Waals surface area contributed by atoms with Crippen molar-refractivity contribution < 1.29 is 18.0 Å². The maximum absolute atomic E-state index is 14.2. The Morgan fingerprint density at radius 3 is 2.90 bits per heavy atom. The molecule has 3 aromatic heterocycles. The Morgan fingerprint density at radius 1 is 1.41 bits per heavy atom. The topological polar surface area (TPSA) is 85.3 Å². The van der Waals surface area contributed by atoms with Crippen LogP contribution in [0.5, 0.6) is 0 Å². The van der Waals surface area contributed by atoms with Gasteiger partial charge in [-0.15, -0.1) is 0 Å². The third-order valence-corrected chi connectivity index (χ3v) is 6.36. The van der Waals surface area contributed by atoms with Crippen molar-refractivity contribution in [1.82, 2.24) is 19.9 Å². The van der Waals surface area contributed by atoms with Crippen LogP contribution in [0.1, 0.15) is 29.1 Å². The second-order valence-electron chi connectivity index (χ2n) is 6.77. The molecule has 0 bridgehead atoms. The number of halogens is 5. The van der Waals surface area contributed by atoms with Crippen LogP contribution in [0, 0.1) is 5.82 Å². The molecule has 1 aliphatic rings. The van der Waals surface area contributed by atoms with Crippen molar-refractivity contribution in [3.63, 3.8) is 0 Å². The number of nitrogens with zero attached hydrogens (tertiary/aromatic N) is 3. The van der Waals surface area contributed by atoms with E-state index >= 15 is 0 Å². The van der Waals surface area contributed by atoms with Gasteiger partial charge >= 0.3 is 0 Å². The zero-order valence-corrected chi connectivity index (χ0v) is 17.0. The number of hydrogen-bond donors (Lipinski definition) is 2. The summed E-state index contributed by atoms with van der Waals surface area (Å²) < 4.78 is 43.3. The van der Waals surface area contributed by atoms with E-state index in [1.165, 1.54) is 16.8 Å². The van der Waals surface area contributed by atoms with E-state index in [0.717, 1.165) is 17.5 Å². The second-order valence-corrected chi connectivity index (χ2v) is 8.78. The molecule has 0 spiro atoms. The molecule has 0 saturated heterocycles. The predicted molar refractivity (Wildman–Crippen MR) is 104 cm³/mol. The van der Waals surface area contributed by atoms with Crippen molar-refractivity contribution in [2.24, 2.45) is 5.73 Å². The molecular formula is C17H14Cl2F3N5OS. The molecule has 1 amide bonds. The average Bonchev–Trinajstić information content (AvgIpc) is 3.21. The van der Waals surface area contributed by atoms with Gasteiger partial charge in [0.1, 0.15) is 16.1 Å². The molecule has 1 fully saturated rings. The highest BCUT2D eigenvalue weighted by molar-refractivity contribution is 7.18. The number of nitrogens with two attached hydrogens (primary N) is 1. The van der Waals surface area contributed by atoms with Crippen molar-refractivity contribution >= 4 is 46.0 Å². The Bertz CT molecular complexity index is 1100. The van der Waals surface area contributed by atoms with Gasteiger partial charge in [0.25, 0.3) is 11.8 Å². The summed E-state index contributed by atoms with van der Waals surface area (Å²) >= 11 is 12.9. The fourth-order valence-corrected chi connectivity index (χ4v) is 4.57. The molecule has 12 heteroatoms. The van der Waals surface area contributed by atoms with Gasteiger partial charge in [-0.05, 0) is 18.9 Å². The molecule has 0 aliphatic heterocycles. The fourth-order valence-electron chi connectivity index (χ4n) is 3.35. The molecule has 4 rings (SSSR count). The van der Waals surface area contributed by atoms with E-state index in [0.29, 0.717) is 23.9 Å². The van der Waals surface area contributed by atoms with Crippen LogP contribution in [0.15, 0.2) is 18.5 Å². The zero-order chi connectivity index (χ0) is 20.9.